The van der Waals surface area contributed by atoms with Crippen molar-refractivity contribution in [3.8, 4) is 0 Å². The van der Waals surface area contributed by atoms with Crippen LogP contribution in [0.1, 0.15) is 165 Å². The van der Waals surface area contributed by atoms with Crippen LogP contribution in [0.15, 0.2) is 102 Å². The maximum atomic E-state index is 12.7. The van der Waals surface area contributed by atoms with Gasteiger partial charge in [-0.25, -0.2) is 0 Å². The summed E-state index contributed by atoms with van der Waals surface area (Å²) < 4.78 is 0. The average molecular weight is 798 g/mol. The summed E-state index contributed by atoms with van der Waals surface area (Å²) in [5.41, 5.74) is 4.25. The van der Waals surface area contributed by atoms with Crippen LogP contribution in [0.4, 0.5) is 0 Å². The van der Waals surface area contributed by atoms with Gasteiger partial charge in [0.15, 0.2) is 11.6 Å². The topological polar surface area (TPSA) is 80.3 Å². The van der Waals surface area contributed by atoms with E-state index < -0.39 is 0 Å². The molecule has 0 spiro atoms. The zero-order valence-electron chi connectivity index (χ0n) is 39.2. The Morgan fingerprint density at radius 2 is 1.34 bits per heavy atom. The van der Waals surface area contributed by atoms with E-state index in [1.165, 1.54) is 24.0 Å². The van der Waals surface area contributed by atoms with Gasteiger partial charge in [-0.2, -0.15) is 0 Å². The third kappa shape index (κ3) is 26.7. The number of carbonyl (C=O) groups is 4. The van der Waals surface area contributed by atoms with Gasteiger partial charge in [-0.1, -0.05) is 174 Å². The third-order valence-electron chi connectivity index (χ3n) is 10.5. The van der Waals surface area contributed by atoms with E-state index in [1.54, 1.807) is 6.92 Å². The Hall–Kier alpha value is -4.12. The fraction of sp³-hybridized carbons (Fsp3) is 0.547. The van der Waals surface area contributed by atoms with E-state index in [4.69, 9.17) is 0 Å². The maximum absolute atomic E-state index is 12.7. The van der Waals surface area contributed by atoms with Gasteiger partial charge in [0.25, 0.3) is 0 Å². The molecule has 0 aliphatic carbocycles. The number of hydrogen-bond donors (Lipinski definition) is 1. The minimum absolute atomic E-state index is 0.0144. The van der Waals surface area contributed by atoms with Gasteiger partial charge in [-0.05, 0) is 88.5 Å². The number of Topliss-reactive ketones (excluding diaryl/α,β-unsaturated/α-hetero) is 4. The van der Waals surface area contributed by atoms with Crippen molar-refractivity contribution in [3.05, 3.63) is 113 Å². The Bertz CT molecular complexity index is 1510. The second kappa shape index (κ2) is 34.9. The molecule has 0 saturated heterocycles. The van der Waals surface area contributed by atoms with Crippen LogP contribution in [0.3, 0.4) is 0 Å². The number of ketones is 4. The van der Waals surface area contributed by atoms with E-state index in [2.05, 4.69) is 70.3 Å². The monoisotopic (exact) mass is 798 g/mol. The number of benzene rings is 1. The van der Waals surface area contributed by atoms with Crippen molar-refractivity contribution in [2.24, 2.45) is 29.6 Å². The molecule has 4 unspecified atom stereocenters. The van der Waals surface area contributed by atoms with Crippen LogP contribution in [0, 0.1) is 29.6 Å². The molecule has 0 heterocycles. The Balaban J connectivity index is 0. The van der Waals surface area contributed by atoms with Crippen molar-refractivity contribution >= 4 is 29.2 Å². The largest absolute Gasteiger partial charge is 0.378 e. The molecule has 58 heavy (non-hydrogen) atoms. The molecule has 324 valence electrons. The van der Waals surface area contributed by atoms with Crippen molar-refractivity contribution in [2.45, 2.75) is 154 Å². The Kier molecular flexibility index (Phi) is 33.7. The molecular formula is C53H83NO4. The molecule has 0 aliphatic rings. The van der Waals surface area contributed by atoms with E-state index in [0.29, 0.717) is 36.4 Å². The molecule has 4 atom stereocenters. The smallest absolute Gasteiger partial charge is 0.162 e. The highest BCUT2D eigenvalue weighted by molar-refractivity contribution is 5.97. The molecular weight excluding hydrogens is 715 g/mol. The molecule has 1 aromatic rings. The summed E-state index contributed by atoms with van der Waals surface area (Å²) in [4.78, 5) is 46.8. The molecule has 1 N–H and O–H groups in total. The van der Waals surface area contributed by atoms with Crippen LogP contribution < -0.4 is 5.32 Å². The van der Waals surface area contributed by atoms with Crippen LogP contribution >= 0.6 is 0 Å². The van der Waals surface area contributed by atoms with Crippen LogP contribution in [0.2, 0.25) is 0 Å². The van der Waals surface area contributed by atoms with Gasteiger partial charge >= 0.3 is 0 Å². The van der Waals surface area contributed by atoms with E-state index >= 15 is 0 Å². The molecule has 0 aromatic heterocycles. The summed E-state index contributed by atoms with van der Waals surface area (Å²) >= 11 is 0. The molecule has 0 fully saturated rings. The fourth-order valence-corrected chi connectivity index (χ4v) is 5.79. The van der Waals surface area contributed by atoms with Gasteiger partial charge in [-0.15, -0.1) is 0 Å². The Morgan fingerprint density at radius 3 is 1.84 bits per heavy atom. The van der Waals surface area contributed by atoms with Crippen molar-refractivity contribution in [1.29, 1.82) is 0 Å². The van der Waals surface area contributed by atoms with Crippen LogP contribution in [0.5, 0.6) is 0 Å². The van der Waals surface area contributed by atoms with Crippen LogP contribution in [-0.4, -0.2) is 29.7 Å². The van der Waals surface area contributed by atoms with E-state index in [1.807, 2.05) is 122 Å². The lowest BCUT2D eigenvalue weighted by molar-refractivity contribution is -0.126. The minimum Gasteiger partial charge on any atom is -0.378 e. The van der Waals surface area contributed by atoms with Gasteiger partial charge in [0.1, 0.15) is 11.6 Å². The normalized spacial score (nSPS) is 14.5. The number of rotatable bonds is 25. The number of carbonyl (C=O) groups excluding carboxylic acids is 4. The molecule has 5 nitrogen and oxygen atoms in total. The maximum Gasteiger partial charge on any atom is 0.162 e. The fourth-order valence-electron chi connectivity index (χ4n) is 5.79. The van der Waals surface area contributed by atoms with Crippen LogP contribution in [-0.2, 0) is 19.2 Å². The first-order valence-electron chi connectivity index (χ1n) is 22.1. The summed E-state index contributed by atoms with van der Waals surface area (Å²) in [6, 6.07) is 8.76. The van der Waals surface area contributed by atoms with Gasteiger partial charge < -0.3 is 5.32 Å². The first-order valence-corrected chi connectivity index (χ1v) is 22.1. The number of hydrogen-bond acceptors (Lipinski definition) is 5. The number of unbranched alkanes of at least 4 members (excludes halogenated alkanes) is 1. The third-order valence-corrected chi connectivity index (χ3v) is 10.5. The lowest BCUT2D eigenvalue weighted by atomic mass is 9.87. The Labute approximate surface area is 356 Å². The summed E-state index contributed by atoms with van der Waals surface area (Å²) in [5, 5.41) is 3.27. The second-order valence-electron chi connectivity index (χ2n) is 15.9. The van der Waals surface area contributed by atoms with Crippen molar-refractivity contribution in [2.75, 3.05) is 6.54 Å². The minimum atomic E-state index is -0.0144. The first-order chi connectivity index (χ1) is 27.5. The van der Waals surface area contributed by atoms with Crippen molar-refractivity contribution in [3.63, 3.8) is 0 Å². The SMILES string of the molecule is CCCCC(C)C(C)=O.C\C=C/C(=C\C=C\C=C\c1ccc(C(C)C(C)C)cc1)NCC(=O)C(C)CCCC(CC)C(=O)C(C)C.C\C=C/C=C\C(=C/C)C(=O)CC. The van der Waals surface area contributed by atoms with Gasteiger partial charge in [0.05, 0.1) is 6.54 Å². The number of allylic oxidation sites excluding steroid dienone is 12. The zero-order chi connectivity index (χ0) is 44.5. The molecule has 1 rings (SSSR count). The lowest BCUT2D eigenvalue weighted by Crippen LogP contribution is -2.26. The van der Waals surface area contributed by atoms with Gasteiger partial charge in [0, 0.05) is 41.4 Å². The van der Waals surface area contributed by atoms with Gasteiger partial charge in [0.2, 0.25) is 0 Å². The van der Waals surface area contributed by atoms with E-state index in [-0.39, 0.29) is 35.2 Å². The molecule has 0 bridgehead atoms. The average Bonchev–Trinajstić information content (AvgIpc) is 3.21. The zero-order valence-corrected chi connectivity index (χ0v) is 39.2. The van der Waals surface area contributed by atoms with Crippen LogP contribution in [0.25, 0.3) is 6.08 Å². The molecule has 5 heteroatoms. The van der Waals surface area contributed by atoms with E-state index in [9.17, 15) is 19.2 Å². The molecule has 0 aliphatic heterocycles. The predicted molar refractivity (Wildman–Crippen MR) is 253 cm³/mol. The quantitative estimate of drug-likeness (QED) is 0.0787. The second-order valence-corrected chi connectivity index (χ2v) is 15.9. The molecule has 0 amide bonds. The van der Waals surface area contributed by atoms with E-state index in [0.717, 1.165) is 43.4 Å². The number of nitrogens with one attached hydrogen (secondary N) is 1. The van der Waals surface area contributed by atoms with Crippen molar-refractivity contribution < 1.29 is 19.2 Å². The summed E-state index contributed by atoms with van der Waals surface area (Å²) in [6.45, 7) is 28.6. The highest BCUT2D eigenvalue weighted by Crippen LogP contribution is 2.24. The lowest BCUT2D eigenvalue weighted by Gasteiger charge is -2.17. The van der Waals surface area contributed by atoms with Gasteiger partial charge in [-0.3, -0.25) is 19.2 Å². The predicted octanol–water partition coefficient (Wildman–Crippen LogP) is 14.1. The molecule has 0 radical (unpaired) electrons. The Morgan fingerprint density at radius 1 is 0.707 bits per heavy atom. The standard InChI is InChI=1S/C34H51NO2.C11H16O.C8H16O/c1-9-15-32(19-13-11-12-17-29-20-22-31(23-21-29)28(8)25(3)4)35-24-33(36)27(7)16-14-18-30(10-2)34(37)26(5)6;1-4-7-8-9-10(5-2)11(12)6-3;1-4-5-6-7(2)8(3)9/h9,11-13,15,17,19-23,25-28,30,35H,10,14,16,18,24H2,1-8H3;4-5,7-9H,6H2,1-3H3;7H,4-6H2,1-3H3/b13-11+,15-9-,17-12+,32-19+;7-4-,9-8-,10-5+;. The first kappa shape index (κ1) is 56.0. The van der Waals surface area contributed by atoms with Crippen molar-refractivity contribution in [1.82, 2.24) is 5.32 Å². The summed E-state index contributed by atoms with van der Waals surface area (Å²) in [5.74, 6) is 2.74. The molecule has 0 saturated carbocycles. The molecule has 1 aromatic carbocycles. The highest BCUT2D eigenvalue weighted by atomic mass is 16.1. The summed E-state index contributed by atoms with van der Waals surface area (Å²) in [7, 11) is 0. The highest BCUT2D eigenvalue weighted by Gasteiger charge is 2.20. The summed E-state index contributed by atoms with van der Waals surface area (Å²) in [6.07, 6.45) is 30.9.